The monoisotopic (exact) mass is 224 g/mol. The molecule has 2 nitrogen and oxygen atoms in total. The minimum absolute atomic E-state index is 0.0818. The van der Waals surface area contributed by atoms with Gasteiger partial charge in [0.05, 0.1) is 0 Å². The average Bonchev–Trinajstić information content (AvgIpc) is 2.28. The van der Waals surface area contributed by atoms with Crippen LogP contribution in [0.15, 0.2) is 24.3 Å². The van der Waals surface area contributed by atoms with Crippen molar-refractivity contribution in [2.75, 3.05) is 6.61 Å². The summed E-state index contributed by atoms with van der Waals surface area (Å²) < 4.78 is 5.04. The maximum absolute atomic E-state index is 11.2. The van der Waals surface area contributed by atoms with E-state index in [1.807, 2.05) is 31.2 Å². The molecule has 16 heavy (non-hydrogen) atoms. The van der Waals surface area contributed by atoms with E-state index in [2.05, 4.69) is 6.92 Å². The third-order valence-electron chi connectivity index (χ3n) is 2.26. The van der Waals surface area contributed by atoms with Crippen molar-refractivity contribution in [2.45, 2.75) is 52.4 Å². The molecule has 0 saturated carbocycles. The predicted octanol–water partition coefficient (Wildman–Crippen LogP) is 4.02. The highest BCUT2D eigenvalue weighted by atomic mass is 16.5. The minimum Gasteiger partial charge on any atom is -0.461 e. The maximum Gasteiger partial charge on any atom is 0.306 e. The van der Waals surface area contributed by atoms with E-state index >= 15 is 0 Å². The molecular weight excluding hydrogens is 200 g/mol. The van der Waals surface area contributed by atoms with E-state index in [1.54, 1.807) is 0 Å². The number of carbonyl (C=O) groups excluding carboxylic acids is 1. The van der Waals surface area contributed by atoms with E-state index in [0.717, 1.165) is 12.8 Å². The van der Waals surface area contributed by atoms with E-state index < -0.39 is 0 Å². The topological polar surface area (TPSA) is 26.3 Å². The lowest BCUT2D eigenvalue weighted by atomic mass is 10.1. The van der Waals surface area contributed by atoms with Gasteiger partial charge in [0.25, 0.3) is 0 Å². The van der Waals surface area contributed by atoms with Crippen LogP contribution >= 0.6 is 0 Å². The van der Waals surface area contributed by atoms with Crippen molar-refractivity contribution < 1.29 is 9.53 Å². The molecule has 0 unspecified atom stereocenters. The Bertz CT molecular complexity index is 217. The van der Waals surface area contributed by atoms with E-state index in [1.165, 1.54) is 19.3 Å². The van der Waals surface area contributed by atoms with Crippen LogP contribution in [0.1, 0.15) is 52.4 Å². The number of esters is 1. The molecule has 0 aliphatic heterocycles. The molecule has 0 radical (unpaired) electrons. The van der Waals surface area contributed by atoms with Crippen molar-refractivity contribution in [1.82, 2.24) is 0 Å². The van der Waals surface area contributed by atoms with Gasteiger partial charge in [0.2, 0.25) is 0 Å². The van der Waals surface area contributed by atoms with Gasteiger partial charge in [-0.25, -0.2) is 0 Å². The van der Waals surface area contributed by atoms with Crippen LogP contribution in [0.3, 0.4) is 0 Å². The van der Waals surface area contributed by atoms with Crippen LogP contribution in [0, 0.1) is 0 Å². The summed E-state index contributed by atoms with van der Waals surface area (Å²) in [7, 11) is 0. The Kier molecular flexibility index (Phi) is 11.2. The van der Waals surface area contributed by atoms with Gasteiger partial charge in [0.1, 0.15) is 6.61 Å². The fourth-order valence-corrected chi connectivity index (χ4v) is 1.33. The quantitative estimate of drug-likeness (QED) is 0.336. The van der Waals surface area contributed by atoms with Gasteiger partial charge in [0, 0.05) is 6.42 Å². The number of carbonyl (C=O) groups is 1. The summed E-state index contributed by atoms with van der Waals surface area (Å²) in [4.78, 5) is 11.2. The van der Waals surface area contributed by atoms with Crippen LogP contribution in [0.4, 0.5) is 0 Å². The molecule has 0 amide bonds. The number of unbranched alkanes of at least 4 members (excludes halogenated alkanes) is 4. The molecular formula is C14H24O2. The first kappa shape index (κ1) is 14.9. The van der Waals surface area contributed by atoms with Crippen LogP contribution in [0.5, 0.6) is 0 Å². The Labute approximate surface area is 99.4 Å². The molecule has 0 bridgehead atoms. The fourth-order valence-electron chi connectivity index (χ4n) is 1.33. The van der Waals surface area contributed by atoms with Gasteiger partial charge in [-0.3, -0.25) is 4.79 Å². The average molecular weight is 224 g/mol. The van der Waals surface area contributed by atoms with Gasteiger partial charge in [-0.05, 0) is 19.4 Å². The lowest BCUT2D eigenvalue weighted by Crippen LogP contribution is -2.03. The second-order valence-electron chi connectivity index (χ2n) is 3.80. The molecule has 0 aromatic rings. The summed E-state index contributed by atoms with van der Waals surface area (Å²) in [6.07, 6.45) is 14.0. The summed E-state index contributed by atoms with van der Waals surface area (Å²) in [5, 5.41) is 0. The maximum atomic E-state index is 11.2. The first-order valence-corrected chi connectivity index (χ1v) is 6.24. The molecule has 0 aliphatic carbocycles. The van der Waals surface area contributed by atoms with Crippen LogP contribution in [-0.4, -0.2) is 12.6 Å². The van der Waals surface area contributed by atoms with Crippen LogP contribution in [-0.2, 0) is 9.53 Å². The van der Waals surface area contributed by atoms with E-state index in [-0.39, 0.29) is 5.97 Å². The number of rotatable bonds is 9. The first-order valence-electron chi connectivity index (χ1n) is 6.24. The second-order valence-corrected chi connectivity index (χ2v) is 3.80. The first-order chi connectivity index (χ1) is 7.81. The van der Waals surface area contributed by atoms with Gasteiger partial charge in [0.15, 0.2) is 0 Å². The normalized spacial score (nSPS) is 11.4. The van der Waals surface area contributed by atoms with Gasteiger partial charge in [-0.15, -0.1) is 0 Å². The summed E-state index contributed by atoms with van der Waals surface area (Å²) in [6.45, 7) is 4.52. The Morgan fingerprint density at radius 2 is 1.88 bits per heavy atom. The molecule has 0 aromatic heterocycles. The molecule has 0 atom stereocenters. The van der Waals surface area contributed by atoms with Crippen molar-refractivity contribution >= 4 is 5.97 Å². The van der Waals surface area contributed by atoms with Crippen molar-refractivity contribution in [3.63, 3.8) is 0 Å². The molecule has 0 heterocycles. The molecule has 0 saturated heterocycles. The molecule has 92 valence electrons. The summed E-state index contributed by atoms with van der Waals surface area (Å²) in [5.74, 6) is -0.0818. The van der Waals surface area contributed by atoms with Crippen molar-refractivity contribution in [3.8, 4) is 0 Å². The Morgan fingerprint density at radius 3 is 2.56 bits per heavy atom. The molecule has 0 N–H and O–H groups in total. The van der Waals surface area contributed by atoms with E-state index in [4.69, 9.17) is 4.74 Å². The predicted molar refractivity (Wildman–Crippen MR) is 68.3 cm³/mol. The van der Waals surface area contributed by atoms with Gasteiger partial charge >= 0.3 is 5.97 Å². The zero-order chi connectivity index (χ0) is 12.1. The zero-order valence-corrected chi connectivity index (χ0v) is 10.6. The molecule has 0 fully saturated rings. The Balaban J connectivity index is 3.31. The second kappa shape index (κ2) is 12.0. The summed E-state index contributed by atoms with van der Waals surface area (Å²) >= 11 is 0. The van der Waals surface area contributed by atoms with Crippen LogP contribution in [0.2, 0.25) is 0 Å². The van der Waals surface area contributed by atoms with E-state index in [0.29, 0.717) is 13.0 Å². The third-order valence-corrected chi connectivity index (χ3v) is 2.26. The SMILES string of the molecule is C/C=C\C=C/COC(=O)CCCCCCC. The smallest absolute Gasteiger partial charge is 0.306 e. The summed E-state index contributed by atoms with van der Waals surface area (Å²) in [5.41, 5.74) is 0. The summed E-state index contributed by atoms with van der Waals surface area (Å²) in [6, 6.07) is 0. The number of hydrogen-bond acceptors (Lipinski definition) is 2. The Morgan fingerprint density at radius 1 is 1.12 bits per heavy atom. The van der Waals surface area contributed by atoms with Crippen molar-refractivity contribution in [2.24, 2.45) is 0 Å². The molecule has 2 heteroatoms. The molecule has 0 spiro atoms. The number of hydrogen-bond donors (Lipinski definition) is 0. The molecule has 0 rings (SSSR count). The van der Waals surface area contributed by atoms with Crippen molar-refractivity contribution in [3.05, 3.63) is 24.3 Å². The Hall–Kier alpha value is -1.05. The third kappa shape index (κ3) is 11.0. The number of ether oxygens (including phenoxy) is 1. The van der Waals surface area contributed by atoms with Crippen LogP contribution < -0.4 is 0 Å². The van der Waals surface area contributed by atoms with Gasteiger partial charge in [-0.1, -0.05) is 50.8 Å². The van der Waals surface area contributed by atoms with Gasteiger partial charge in [-0.2, -0.15) is 0 Å². The zero-order valence-electron chi connectivity index (χ0n) is 10.6. The highest BCUT2D eigenvalue weighted by Crippen LogP contribution is 2.05. The number of allylic oxidation sites excluding steroid dienone is 3. The fraction of sp³-hybridized carbons (Fsp3) is 0.643. The van der Waals surface area contributed by atoms with E-state index in [9.17, 15) is 4.79 Å². The largest absolute Gasteiger partial charge is 0.461 e. The molecule has 0 aromatic carbocycles. The molecule has 0 aliphatic rings. The standard InChI is InChI=1S/C14H24O2/c1-3-5-7-9-10-12-14(15)16-13-11-8-6-4-2/h4,6,8,11H,3,5,7,9-10,12-13H2,1-2H3/b6-4-,11-8-. The highest BCUT2D eigenvalue weighted by molar-refractivity contribution is 5.69. The van der Waals surface area contributed by atoms with Crippen molar-refractivity contribution in [1.29, 1.82) is 0 Å². The minimum atomic E-state index is -0.0818. The van der Waals surface area contributed by atoms with Gasteiger partial charge < -0.3 is 4.74 Å². The lowest BCUT2D eigenvalue weighted by molar-refractivity contribution is -0.142. The highest BCUT2D eigenvalue weighted by Gasteiger charge is 2.00. The lowest BCUT2D eigenvalue weighted by Gasteiger charge is -2.01. The van der Waals surface area contributed by atoms with Crippen LogP contribution in [0.25, 0.3) is 0 Å².